The third-order valence-corrected chi connectivity index (χ3v) is 3.59. The summed E-state index contributed by atoms with van der Waals surface area (Å²) < 4.78 is 11.2. The molecule has 1 atom stereocenters. The molecule has 5 nitrogen and oxygen atoms in total. The van der Waals surface area contributed by atoms with Crippen LogP contribution in [-0.2, 0) is 11.2 Å². The molecule has 21 heavy (non-hydrogen) atoms. The number of ether oxygens (including phenoxy) is 2. The molecule has 0 bridgehead atoms. The van der Waals surface area contributed by atoms with Crippen molar-refractivity contribution in [1.82, 2.24) is 10.6 Å². The molecule has 2 N–H and O–H groups in total. The van der Waals surface area contributed by atoms with Crippen LogP contribution in [-0.4, -0.2) is 37.7 Å². The highest BCUT2D eigenvalue weighted by Crippen LogP contribution is 2.30. The third kappa shape index (κ3) is 3.67. The first-order chi connectivity index (χ1) is 10.1. The topological polar surface area (TPSA) is 59.6 Å². The van der Waals surface area contributed by atoms with E-state index in [-0.39, 0.29) is 5.91 Å². The lowest BCUT2D eigenvalue weighted by molar-refractivity contribution is -0.128. The summed E-state index contributed by atoms with van der Waals surface area (Å²) in [5, 5.41) is 6.21. The second-order valence-electron chi connectivity index (χ2n) is 5.34. The molecular formula is C16H24N2O3. The van der Waals surface area contributed by atoms with E-state index >= 15 is 0 Å². The van der Waals surface area contributed by atoms with Gasteiger partial charge in [-0.25, -0.2) is 0 Å². The van der Waals surface area contributed by atoms with Crippen molar-refractivity contribution in [2.24, 2.45) is 0 Å². The maximum Gasteiger partial charge on any atom is 0.240 e. The summed E-state index contributed by atoms with van der Waals surface area (Å²) in [7, 11) is 0. The first-order valence-corrected chi connectivity index (χ1v) is 7.51. The van der Waals surface area contributed by atoms with E-state index in [9.17, 15) is 4.79 Å². The van der Waals surface area contributed by atoms with Gasteiger partial charge in [0.05, 0.1) is 18.8 Å². The summed E-state index contributed by atoms with van der Waals surface area (Å²) in [6, 6.07) is 5.86. The number of benzene rings is 1. The van der Waals surface area contributed by atoms with E-state index in [1.54, 1.807) is 0 Å². The zero-order valence-corrected chi connectivity index (χ0v) is 13.0. The Labute approximate surface area is 126 Å². The lowest BCUT2D eigenvalue weighted by Crippen LogP contribution is -2.62. The van der Waals surface area contributed by atoms with Crippen molar-refractivity contribution in [3.8, 4) is 11.5 Å². The van der Waals surface area contributed by atoms with Crippen LogP contribution in [0.1, 0.15) is 26.3 Å². The Hall–Kier alpha value is -1.75. The van der Waals surface area contributed by atoms with Crippen LogP contribution in [0.3, 0.4) is 0 Å². The highest BCUT2D eigenvalue weighted by atomic mass is 16.5. The van der Waals surface area contributed by atoms with Gasteiger partial charge in [0.2, 0.25) is 5.91 Å². The molecule has 2 rings (SSSR count). The Morgan fingerprint density at radius 3 is 2.52 bits per heavy atom. The van der Waals surface area contributed by atoms with Crippen LogP contribution >= 0.6 is 0 Å². The Kier molecular flexibility index (Phi) is 5.07. The number of hydrogen-bond donors (Lipinski definition) is 2. The summed E-state index contributed by atoms with van der Waals surface area (Å²) in [6.45, 7) is 8.47. The number of amides is 1. The highest BCUT2D eigenvalue weighted by molar-refractivity contribution is 5.87. The number of rotatable bonds is 6. The molecule has 5 heteroatoms. The molecule has 1 heterocycles. The molecule has 0 aliphatic carbocycles. The highest BCUT2D eigenvalue weighted by Gasteiger charge is 2.35. The molecule has 1 aromatic rings. The number of carbonyl (C=O) groups excluding carboxylic acids is 1. The molecule has 1 aromatic carbocycles. The van der Waals surface area contributed by atoms with Gasteiger partial charge in [0, 0.05) is 13.1 Å². The minimum absolute atomic E-state index is 0.0422. The molecule has 1 fully saturated rings. The van der Waals surface area contributed by atoms with Crippen molar-refractivity contribution in [3.05, 3.63) is 23.8 Å². The molecule has 116 valence electrons. The SMILES string of the molecule is CCOc1ccc(CC2(C)NCCNC2=O)cc1OCC. The van der Waals surface area contributed by atoms with E-state index in [1.165, 1.54) is 0 Å². The van der Waals surface area contributed by atoms with Crippen molar-refractivity contribution < 1.29 is 14.3 Å². The molecule has 0 radical (unpaired) electrons. The lowest BCUT2D eigenvalue weighted by Gasteiger charge is -2.34. The molecule has 0 aromatic heterocycles. The predicted molar refractivity (Wildman–Crippen MR) is 81.9 cm³/mol. The molecule has 1 saturated heterocycles. The smallest absolute Gasteiger partial charge is 0.240 e. The van der Waals surface area contributed by atoms with Gasteiger partial charge < -0.3 is 20.1 Å². The molecular weight excluding hydrogens is 268 g/mol. The quantitative estimate of drug-likeness (QED) is 0.834. The minimum atomic E-state index is -0.575. The van der Waals surface area contributed by atoms with Crippen molar-refractivity contribution in [2.75, 3.05) is 26.3 Å². The third-order valence-electron chi connectivity index (χ3n) is 3.59. The van der Waals surface area contributed by atoms with Gasteiger partial charge in [-0.3, -0.25) is 4.79 Å². The largest absolute Gasteiger partial charge is 0.490 e. The second-order valence-corrected chi connectivity index (χ2v) is 5.34. The normalized spacial score (nSPS) is 21.8. The van der Waals surface area contributed by atoms with Crippen LogP contribution in [0.15, 0.2) is 18.2 Å². The average molecular weight is 292 g/mol. The van der Waals surface area contributed by atoms with Crippen LogP contribution < -0.4 is 20.1 Å². The summed E-state index contributed by atoms with van der Waals surface area (Å²) in [5.74, 6) is 1.52. The van der Waals surface area contributed by atoms with E-state index in [1.807, 2.05) is 39.0 Å². The fourth-order valence-electron chi connectivity index (χ4n) is 2.55. The van der Waals surface area contributed by atoms with Gasteiger partial charge in [-0.1, -0.05) is 6.07 Å². The van der Waals surface area contributed by atoms with E-state index in [0.717, 1.165) is 23.6 Å². The monoisotopic (exact) mass is 292 g/mol. The van der Waals surface area contributed by atoms with Crippen molar-refractivity contribution in [1.29, 1.82) is 0 Å². The molecule has 1 aliphatic rings. The fraction of sp³-hybridized carbons (Fsp3) is 0.562. The maximum atomic E-state index is 12.1. The summed E-state index contributed by atoms with van der Waals surface area (Å²) in [6.07, 6.45) is 0.616. The van der Waals surface area contributed by atoms with Crippen LogP contribution in [0.25, 0.3) is 0 Å². The van der Waals surface area contributed by atoms with Gasteiger partial charge in [0.25, 0.3) is 0 Å². The van der Waals surface area contributed by atoms with Gasteiger partial charge in [-0.15, -0.1) is 0 Å². The van der Waals surface area contributed by atoms with E-state index in [4.69, 9.17) is 9.47 Å². The molecule has 1 amide bonds. The van der Waals surface area contributed by atoms with Crippen molar-refractivity contribution in [2.45, 2.75) is 32.7 Å². The summed E-state index contributed by atoms with van der Waals surface area (Å²) >= 11 is 0. The minimum Gasteiger partial charge on any atom is -0.490 e. The first kappa shape index (κ1) is 15.6. The number of hydrogen-bond acceptors (Lipinski definition) is 4. The number of nitrogens with one attached hydrogen (secondary N) is 2. The average Bonchev–Trinajstić information content (AvgIpc) is 2.46. The molecule has 1 unspecified atom stereocenters. The van der Waals surface area contributed by atoms with Gasteiger partial charge >= 0.3 is 0 Å². The standard InChI is InChI=1S/C16H24N2O3/c1-4-20-13-7-6-12(10-14(13)21-5-2)11-16(3)15(19)17-8-9-18-16/h6-7,10,18H,4-5,8-9,11H2,1-3H3,(H,17,19). The maximum absolute atomic E-state index is 12.1. The first-order valence-electron chi connectivity index (χ1n) is 7.51. The number of piperazine rings is 1. The van der Waals surface area contributed by atoms with Gasteiger partial charge in [-0.2, -0.15) is 0 Å². The molecule has 1 aliphatic heterocycles. The Balaban J connectivity index is 2.19. The van der Waals surface area contributed by atoms with Crippen LogP contribution in [0.5, 0.6) is 11.5 Å². The van der Waals surface area contributed by atoms with Gasteiger partial charge in [-0.05, 0) is 44.9 Å². The van der Waals surface area contributed by atoms with E-state index in [2.05, 4.69) is 10.6 Å². The molecule has 0 spiro atoms. The Morgan fingerprint density at radius 1 is 1.14 bits per heavy atom. The van der Waals surface area contributed by atoms with Crippen LogP contribution in [0.2, 0.25) is 0 Å². The number of carbonyl (C=O) groups is 1. The Morgan fingerprint density at radius 2 is 1.86 bits per heavy atom. The van der Waals surface area contributed by atoms with E-state index in [0.29, 0.717) is 26.2 Å². The van der Waals surface area contributed by atoms with E-state index < -0.39 is 5.54 Å². The molecule has 0 saturated carbocycles. The summed E-state index contributed by atoms with van der Waals surface area (Å²) in [5.41, 5.74) is 0.475. The predicted octanol–water partition coefficient (Wildman–Crippen LogP) is 1.50. The zero-order chi connectivity index (χ0) is 15.3. The fourth-order valence-corrected chi connectivity index (χ4v) is 2.55. The second kappa shape index (κ2) is 6.80. The summed E-state index contributed by atoms with van der Waals surface area (Å²) in [4.78, 5) is 12.1. The van der Waals surface area contributed by atoms with Gasteiger partial charge in [0.15, 0.2) is 11.5 Å². The van der Waals surface area contributed by atoms with Crippen LogP contribution in [0, 0.1) is 0 Å². The lowest BCUT2D eigenvalue weighted by atomic mass is 9.90. The van der Waals surface area contributed by atoms with Crippen molar-refractivity contribution >= 4 is 5.91 Å². The zero-order valence-electron chi connectivity index (χ0n) is 13.0. The van der Waals surface area contributed by atoms with Gasteiger partial charge in [0.1, 0.15) is 0 Å². The van der Waals surface area contributed by atoms with Crippen molar-refractivity contribution in [3.63, 3.8) is 0 Å². The Bertz CT molecular complexity index is 504. The van der Waals surface area contributed by atoms with Crippen LogP contribution in [0.4, 0.5) is 0 Å².